The SMILES string of the molecule is CCNC(CC(C)C)C1CCCCC1(C)C. The summed E-state index contributed by atoms with van der Waals surface area (Å²) in [6.07, 6.45) is 7.05. The molecule has 1 heteroatoms. The van der Waals surface area contributed by atoms with Crippen LogP contribution in [-0.2, 0) is 0 Å². The van der Waals surface area contributed by atoms with E-state index in [4.69, 9.17) is 0 Å². The first-order valence-corrected chi connectivity index (χ1v) is 7.20. The molecule has 1 rings (SSSR count). The second-order valence-electron chi connectivity index (χ2n) is 6.63. The van der Waals surface area contributed by atoms with Crippen molar-refractivity contribution in [2.24, 2.45) is 17.3 Å². The van der Waals surface area contributed by atoms with E-state index in [1.165, 1.54) is 32.1 Å². The van der Waals surface area contributed by atoms with Crippen LogP contribution < -0.4 is 5.32 Å². The van der Waals surface area contributed by atoms with Crippen molar-refractivity contribution in [3.63, 3.8) is 0 Å². The minimum atomic E-state index is 0.542. The van der Waals surface area contributed by atoms with E-state index in [9.17, 15) is 0 Å². The quantitative estimate of drug-likeness (QED) is 0.738. The minimum Gasteiger partial charge on any atom is -0.314 e. The highest BCUT2D eigenvalue weighted by atomic mass is 14.9. The third-order valence-corrected chi connectivity index (χ3v) is 4.27. The first kappa shape index (κ1) is 14.0. The van der Waals surface area contributed by atoms with Gasteiger partial charge < -0.3 is 5.32 Å². The van der Waals surface area contributed by atoms with Crippen molar-refractivity contribution in [3.8, 4) is 0 Å². The van der Waals surface area contributed by atoms with Crippen LogP contribution in [0.25, 0.3) is 0 Å². The topological polar surface area (TPSA) is 12.0 Å². The van der Waals surface area contributed by atoms with Crippen LogP contribution in [0.1, 0.15) is 66.7 Å². The Morgan fingerprint density at radius 3 is 2.44 bits per heavy atom. The Balaban J connectivity index is 2.66. The highest BCUT2D eigenvalue weighted by Gasteiger charge is 2.37. The van der Waals surface area contributed by atoms with E-state index in [0.717, 1.165) is 24.4 Å². The maximum Gasteiger partial charge on any atom is 0.0103 e. The summed E-state index contributed by atoms with van der Waals surface area (Å²) < 4.78 is 0. The molecule has 1 fully saturated rings. The van der Waals surface area contributed by atoms with Gasteiger partial charge in [0.05, 0.1) is 0 Å². The van der Waals surface area contributed by atoms with Gasteiger partial charge in [-0.2, -0.15) is 0 Å². The lowest BCUT2D eigenvalue weighted by Crippen LogP contribution is -2.45. The van der Waals surface area contributed by atoms with E-state index in [1.807, 2.05) is 0 Å². The van der Waals surface area contributed by atoms with E-state index in [-0.39, 0.29) is 0 Å². The predicted molar refractivity (Wildman–Crippen MR) is 72.7 cm³/mol. The molecule has 2 atom stereocenters. The zero-order valence-electron chi connectivity index (χ0n) is 12.0. The second kappa shape index (κ2) is 6.05. The van der Waals surface area contributed by atoms with Gasteiger partial charge >= 0.3 is 0 Å². The average Bonchev–Trinajstić information content (AvgIpc) is 2.15. The highest BCUT2D eigenvalue weighted by Crippen LogP contribution is 2.43. The van der Waals surface area contributed by atoms with Gasteiger partial charge in [0.25, 0.3) is 0 Å². The second-order valence-corrected chi connectivity index (χ2v) is 6.63. The largest absolute Gasteiger partial charge is 0.314 e. The van der Waals surface area contributed by atoms with E-state index in [1.54, 1.807) is 0 Å². The standard InChI is InChI=1S/C15H31N/c1-6-16-14(11-12(2)3)13-9-7-8-10-15(13,4)5/h12-14,16H,6-11H2,1-5H3. The highest BCUT2D eigenvalue weighted by molar-refractivity contribution is 4.90. The summed E-state index contributed by atoms with van der Waals surface area (Å²) in [6.45, 7) is 13.0. The molecule has 0 amide bonds. The van der Waals surface area contributed by atoms with Gasteiger partial charge in [0.2, 0.25) is 0 Å². The van der Waals surface area contributed by atoms with Gasteiger partial charge in [-0.15, -0.1) is 0 Å². The lowest BCUT2D eigenvalue weighted by atomic mass is 9.65. The summed E-state index contributed by atoms with van der Waals surface area (Å²) >= 11 is 0. The lowest BCUT2D eigenvalue weighted by molar-refractivity contribution is 0.0902. The molecule has 0 aromatic rings. The van der Waals surface area contributed by atoms with Crippen LogP contribution in [-0.4, -0.2) is 12.6 Å². The van der Waals surface area contributed by atoms with Gasteiger partial charge in [0, 0.05) is 6.04 Å². The van der Waals surface area contributed by atoms with Crippen molar-refractivity contribution in [2.75, 3.05) is 6.54 Å². The maximum absolute atomic E-state index is 3.74. The summed E-state index contributed by atoms with van der Waals surface area (Å²) in [7, 11) is 0. The molecule has 96 valence electrons. The Kier molecular flexibility index (Phi) is 5.30. The molecule has 0 saturated heterocycles. The lowest BCUT2D eigenvalue weighted by Gasteiger charge is -2.44. The van der Waals surface area contributed by atoms with Crippen molar-refractivity contribution in [1.29, 1.82) is 0 Å². The van der Waals surface area contributed by atoms with Crippen molar-refractivity contribution < 1.29 is 0 Å². The van der Waals surface area contributed by atoms with E-state index < -0.39 is 0 Å². The zero-order chi connectivity index (χ0) is 12.2. The number of hydrogen-bond acceptors (Lipinski definition) is 1. The van der Waals surface area contributed by atoms with Crippen LogP contribution in [0.4, 0.5) is 0 Å². The van der Waals surface area contributed by atoms with Gasteiger partial charge in [-0.25, -0.2) is 0 Å². The molecule has 1 aliphatic carbocycles. The molecule has 1 nitrogen and oxygen atoms in total. The maximum atomic E-state index is 3.74. The summed E-state index contributed by atoms with van der Waals surface area (Å²) in [4.78, 5) is 0. The Morgan fingerprint density at radius 1 is 1.25 bits per heavy atom. The van der Waals surface area contributed by atoms with Crippen LogP contribution in [0.2, 0.25) is 0 Å². The molecule has 0 aromatic heterocycles. The van der Waals surface area contributed by atoms with Gasteiger partial charge in [0.1, 0.15) is 0 Å². The first-order chi connectivity index (χ1) is 7.47. The normalized spacial score (nSPS) is 27.0. The molecule has 0 aromatic carbocycles. The molecule has 0 spiro atoms. The van der Waals surface area contributed by atoms with Crippen LogP contribution in [0.5, 0.6) is 0 Å². The molecule has 1 saturated carbocycles. The summed E-state index contributed by atoms with van der Waals surface area (Å²) in [5.74, 6) is 1.69. The molecular formula is C15H31N. The van der Waals surface area contributed by atoms with Crippen molar-refractivity contribution in [2.45, 2.75) is 72.8 Å². The van der Waals surface area contributed by atoms with Gasteiger partial charge in [-0.05, 0) is 43.1 Å². The fourth-order valence-corrected chi connectivity index (χ4v) is 3.43. The molecule has 0 aliphatic heterocycles. The van der Waals surface area contributed by atoms with Gasteiger partial charge in [-0.3, -0.25) is 0 Å². The average molecular weight is 225 g/mol. The minimum absolute atomic E-state index is 0.542. The van der Waals surface area contributed by atoms with Gasteiger partial charge in [0.15, 0.2) is 0 Å². The molecule has 2 unspecified atom stereocenters. The molecule has 1 aliphatic rings. The zero-order valence-corrected chi connectivity index (χ0v) is 12.0. The van der Waals surface area contributed by atoms with Crippen LogP contribution in [0.15, 0.2) is 0 Å². The molecule has 16 heavy (non-hydrogen) atoms. The Labute approximate surface area is 102 Å². The first-order valence-electron chi connectivity index (χ1n) is 7.20. The molecular weight excluding hydrogens is 194 g/mol. The van der Waals surface area contributed by atoms with E-state index >= 15 is 0 Å². The molecule has 1 N–H and O–H groups in total. The van der Waals surface area contributed by atoms with Crippen molar-refractivity contribution in [1.82, 2.24) is 5.32 Å². The molecule has 0 radical (unpaired) electrons. The Bertz CT molecular complexity index is 196. The van der Waals surface area contributed by atoms with Crippen LogP contribution in [0, 0.1) is 17.3 Å². The summed E-state index contributed by atoms with van der Waals surface area (Å²) in [6, 6.07) is 0.736. The molecule has 0 heterocycles. The number of nitrogens with one attached hydrogen (secondary N) is 1. The smallest absolute Gasteiger partial charge is 0.0103 e. The fourth-order valence-electron chi connectivity index (χ4n) is 3.43. The fraction of sp³-hybridized carbons (Fsp3) is 1.00. The van der Waals surface area contributed by atoms with E-state index in [0.29, 0.717) is 5.41 Å². The van der Waals surface area contributed by atoms with Crippen LogP contribution in [0.3, 0.4) is 0 Å². The van der Waals surface area contributed by atoms with E-state index in [2.05, 4.69) is 39.9 Å². The van der Waals surface area contributed by atoms with Crippen LogP contribution >= 0.6 is 0 Å². The summed E-state index contributed by atoms with van der Waals surface area (Å²) in [5, 5.41) is 3.74. The van der Waals surface area contributed by atoms with Crippen molar-refractivity contribution in [3.05, 3.63) is 0 Å². The monoisotopic (exact) mass is 225 g/mol. The third kappa shape index (κ3) is 3.76. The Hall–Kier alpha value is -0.0400. The molecule has 0 bridgehead atoms. The number of rotatable bonds is 5. The Morgan fingerprint density at radius 2 is 1.94 bits per heavy atom. The number of hydrogen-bond donors (Lipinski definition) is 1. The third-order valence-electron chi connectivity index (χ3n) is 4.27. The van der Waals surface area contributed by atoms with Gasteiger partial charge in [-0.1, -0.05) is 47.5 Å². The predicted octanol–water partition coefficient (Wildman–Crippen LogP) is 4.23. The summed E-state index contributed by atoms with van der Waals surface area (Å²) in [5.41, 5.74) is 0.542. The van der Waals surface area contributed by atoms with Crippen molar-refractivity contribution >= 4 is 0 Å².